The zero-order valence-corrected chi connectivity index (χ0v) is 18.0. The monoisotopic (exact) mass is 400 g/mol. The Labute approximate surface area is 170 Å². The Balaban J connectivity index is 1.85. The number of aryl methyl sites for hydroxylation is 2. The van der Waals surface area contributed by atoms with E-state index < -0.39 is 0 Å². The lowest BCUT2D eigenvalue weighted by molar-refractivity contribution is 0.232. The van der Waals surface area contributed by atoms with Crippen LogP contribution < -0.4 is 4.74 Å². The van der Waals surface area contributed by atoms with Crippen LogP contribution in [-0.2, 0) is 6.42 Å². The Morgan fingerprint density at radius 2 is 1.89 bits per heavy atom. The van der Waals surface area contributed by atoms with Crippen LogP contribution in [0.25, 0.3) is 22.2 Å². The van der Waals surface area contributed by atoms with E-state index in [0.717, 1.165) is 33.7 Å². The van der Waals surface area contributed by atoms with Crippen LogP contribution in [0, 0.1) is 26.7 Å². The van der Waals surface area contributed by atoms with Crippen LogP contribution in [0.2, 0.25) is 0 Å². The third-order valence-electron chi connectivity index (χ3n) is 4.66. The molecule has 0 saturated carbocycles. The topological polar surface area (TPSA) is 68.4 Å². The normalized spacial score (nSPS) is 11.4. The first kappa shape index (κ1) is 20.6. The summed E-state index contributed by atoms with van der Waals surface area (Å²) in [6.07, 6.45) is 1.67. The van der Waals surface area contributed by atoms with Crippen LogP contribution in [0.5, 0.6) is 5.75 Å². The lowest BCUT2D eigenvalue weighted by Gasteiger charge is -2.12. The number of aliphatic hydroxyl groups excluding tert-OH is 1. The molecule has 0 bridgehead atoms. The third kappa shape index (κ3) is 4.45. The Morgan fingerprint density at radius 3 is 2.54 bits per heavy atom. The van der Waals surface area contributed by atoms with E-state index in [2.05, 4.69) is 36.3 Å². The predicted molar refractivity (Wildman–Crippen MR) is 113 cm³/mol. The van der Waals surface area contributed by atoms with Crippen molar-refractivity contribution in [2.75, 3.05) is 13.2 Å². The Bertz CT molecular complexity index is 920. The largest absolute Gasteiger partial charge is 0.493 e. The molecule has 0 unspecified atom stereocenters. The lowest BCUT2D eigenvalue weighted by atomic mass is 10.0. The molecule has 1 aromatic carbocycles. The van der Waals surface area contributed by atoms with Gasteiger partial charge in [0.1, 0.15) is 5.75 Å². The van der Waals surface area contributed by atoms with Crippen molar-refractivity contribution in [2.45, 2.75) is 47.5 Å². The second-order valence-electron chi connectivity index (χ2n) is 7.60. The minimum absolute atomic E-state index is 0.128. The van der Waals surface area contributed by atoms with Crippen molar-refractivity contribution in [3.05, 3.63) is 39.8 Å². The average molecular weight is 401 g/mol. The molecule has 0 amide bonds. The van der Waals surface area contributed by atoms with Gasteiger partial charge in [-0.05, 0) is 72.9 Å². The molecule has 3 rings (SSSR count). The van der Waals surface area contributed by atoms with E-state index in [4.69, 9.17) is 14.4 Å². The second-order valence-corrected chi connectivity index (χ2v) is 8.48. The summed E-state index contributed by atoms with van der Waals surface area (Å²) in [5, 5.41) is 15.3. The van der Waals surface area contributed by atoms with Crippen molar-refractivity contribution in [3.8, 4) is 27.9 Å². The highest BCUT2D eigenvalue weighted by atomic mass is 32.1. The summed E-state index contributed by atoms with van der Waals surface area (Å²) in [7, 11) is 0. The zero-order chi connectivity index (χ0) is 20.3. The summed E-state index contributed by atoms with van der Waals surface area (Å²) in [4.78, 5) is 5.70. The van der Waals surface area contributed by atoms with E-state index >= 15 is 0 Å². The van der Waals surface area contributed by atoms with Crippen LogP contribution in [0.1, 0.15) is 42.5 Å². The van der Waals surface area contributed by atoms with Gasteiger partial charge in [0.15, 0.2) is 0 Å². The van der Waals surface area contributed by atoms with E-state index in [9.17, 15) is 0 Å². The Morgan fingerprint density at radius 1 is 1.18 bits per heavy atom. The van der Waals surface area contributed by atoms with Gasteiger partial charge in [-0.3, -0.25) is 0 Å². The molecule has 0 atom stereocenters. The van der Waals surface area contributed by atoms with Crippen LogP contribution in [0.15, 0.2) is 22.0 Å². The maximum Gasteiger partial charge on any atom is 0.268 e. The molecule has 0 aliphatic carbocycles. The Kier molecular flexibility index (Phi) is 6.52. The summed E-state index contributed by atoms with van der Waals surface area (Å²) in [6, 6.07) is 4.03. The average Bonchev–Trinajstić information content (AvgIpc) is 3.24. The van der Waals surface area contributed by atoms with Gasteiger partial charge in [-0.1, -0.05) is 19.0 Å². The van der Waals surface area contributed by atoms with Crippen molar-refractivity contribution in [1.82, 2.24) is 10.1 Å². The summed E-state index contributed by atoms with van der Waals surface area (Å²) in [6.45, 7) is 11.2. The molecule has 0 radical (unpaired) electrons. The van der Waals surface area contributed by atoms with E-state index in [-0.39, 0.29) is 6.61 Å². The molecule has 5 nitrogen and oxygen atoms in total. The molecule has 6 heteroatoms. The summed E-state index contributed by atoms with van der Waals surface area (Å²) in [5.41, 5.74) is 5.53. The van der Waals surface area contributed by atoms with Gasteiger partial charge in [0.2, 0.25) is 5.82 Å². The predicted octanol–water partition coefficient (Wildman–Crippen LogP) is 5.35. The molecule has 2 aromatic heterocycles. The lowest BCUT2D eigenvalue weighted by Crippen LogP contribution is -2.02. The molecule has 150 valence electrons. The second kappa shape index (κ2) is 8.88. The van der Waals surface area contributed by atoms with E-state index in [1.54, 1.807) is 11.3 Å². The fourth-order valence-electron chi connectivity index (χ4n) is 3.28. The Hall–Kier alpha value is -2.18. The number of thiophene rings is 1. The number of rotatable bonds is 8. The van der Waals surface area contributed by atoms with Gasteiger partial charge >= 0.3 is 0 Å². The molecule has 0 spiro atoms. The SMILES string of the molecule is Cc1cc(-c2noc(-c3scc(CC(C)C)c3C)n2)cc(C)c1OCCCO. The minimum atomic E-state index is 0.128. The standard InChI is InChI=1S/C22H28N2O3S/c1-13(2)9-18-12-28-20(16(18)5)22-23-21(24-27-22)17-10-14(3)19(15(4)11-17)26-8-6-7-25/h10-13,25H,6-9H2,1-5H3. The minimum Gasteiger partial charge on any atom is -0.493 e. The number of hydrogen-bond acceptors (Lipinski definition) is 6. The number of ether oxygens (including phenoxy) is 1. The van der Waals surface area contributed by atoms with Gasteiger partial charge in [-0.2, -0.15) is 4.98 Å². The van der Waals surface area contributed by atoms with Crippen molar-refractivity contribution in [2.24, 2.45) is 5.92 Å². The number of nitrogens with zero attached hydrogens (tertiary/aromatic N) is 2. The highest BCUT2D eigenvalue weighted by molar-refractivity contribution is 7.13. The van der Waals surface area contributed by atoms with Gasteiger partial charge in [-0.25, -0.2) is 0 Å². The van der Waals surface area contributed by atoms with Gasteiger partial charge < -0.3 is 14.4 Å². The highest BCUT2D eigenvalue weighted by Gasteiger charge is 2.18. The van der Waals surface area contributed by atoms with E-state index in [1.807, 2.05) is 26.0 Å². The molecule has 3 aromatic rings. The molecule has 0 aliphatic heterocycles. The molecule has 2 heterocycles. The maximum atomic E-state index is 8.93. The molecule has 0 aliphatic rings. The van der Waals surface area contributed by atoms with Gasteiger partial charge in [0.05, 0.1) is 11.5 Å². The first-order valence-corrected chi connectivity index (χ1v) is 10.5. The fourth-order valence-corrected chi connectivity index (χ4v) is 4.31. The summed E-state index contributed by atoms with van der Waals surface area (Å²) < 4.78 is 11.4. The van der Waals surface area contributed by atoms with Gasteiger partial charge in [0, 0.05) is 18.6 Å². The molecular weight excluding hydrogens is 372 g/mol. The van der Waals surface area contributed by atoms with Crippen molar-refractivity contribution in [3.63, 3.8) is 0 Å². The fraction of sp³-hybridized carbons (Fsp3) is 0.455. The smallest absolute Gasteiger partial charge is 0.268 e. The number of aliphatic hydroxyl groups is 1. The number of benzene rings is 1. The molecule has 0 saturated heterocycles. The number of aromatic nitrogens is 2. The zero-order valence-electron chi connectivity index (χ0n) is 17.2. The van der Waals surface area contributed by atoms with Crippen LogP contribution >= 0.6 is 11.3 Å². The quantitative estimate of drug-likeness (QED) is 0.516. The summed E-state index contributed by atoms with van der Waals surface area (Å²) >= 11 is 1.66. The van der Waals surface area contributed by atoms with E-state index in [0.29, 0.717) is 30.7 Å². The first-order valence-electron chi connectivity index (χ1n) is 9.67. The molecule has 28 heavy (non-hydrogen) atoms. The van der Waals surface area contributed by atoms with E-state index in [1.165, 1.54) is 11.1 Å². The van der Waals surface area contributed by atoms with Crippen molar-refractivity contribution in [1.29, 1.82) is 0 Å². The highest BCUT2D eigenvalue weighted by Crippen LogP contribution is 2.34. The third-order valence-corrected chi connectivity index (χ3v) is 5.78. The van der Waals surface area contributed by atoms with Crippen LogP contribution in [0.4, 0.5) is 0 Å². The first-order chi connectivity index (χ1) is 13.4. The van der Waals surface area contributed by atoms with Crippen LogP contribution in [-0.4, -0.2) is 28.5 Å². The summed E-state index contributed by atoms with van der Waals surface area (Å²) in [5.74, 6) is 2.63. The van der Waals surface area contributed by atoms with Gasteiger partial charge in [0.25, 0.3) is 5.89 Å². The van der Waals surface area contributed by atoms with Crippen molar-refractivity contribution >= 4 is 11.3 Å². The van der Waals surface area contributed by atoms with Crippen LogP contribution in [0.3, 0.4) is 0 Å². The number of hydrogen-bond donors (Lipinski definition) is 1. The van der Waals surface area contributed by atoms with Crippen molar-refractivity contribution < 1.29 is 14.4 Å². The maximum absolute atomic E-state index is 8.93. The molecular formula is C22H28N2O3S. The molecule has 0 fully saturated rings. The molecule has 1 N–H and O–H groups in total. The van der Waals surface area contributed by atoms with Gasteiger partial charge in [-0.15, -0.1) is 11.3 Å².